The van der Waals surface area contributed by atoms with Gasteiger partial charge in [-0.15, -0.1) is 12.4 Å². The molecule has 1 aliphatic heterocycles. The third-order valence-corrected chi connectivity index (χ3v) is 6.76. The van der Waals surface area contributed by atoms with Gasteiger partial charge in [0.1, 0.15) is 5.75 Å². The minimum absolute atomic E-state index is 0. The molecule has 3 rings (SSSR count). The highest BCUT2D eigenvalue weighted by Crippen LogP contribution is 2.31. The van der Waals surface area contributed by atoms with E-state index < -0.39 is 0 Å². The van der Waals surface area contributed by atoms with E-state index in [1.807, 2.05) is 11.0 Å². The molecule has 0 unspecified atom stereocenters. The van der Waals surface area contributed by atoms with Gasteiger partial charge in [0.05, 0.1) is 11.1 Å². The molecule has 0 saturated carbocycles. The zero-order valence-corrected chi connectivity index (χ0v) is 22.8. The van der Waals surface area contributed by atoms with Crippen molar-refractivity contribution in [2.75, 3.05) is 44.2 Å². The lowest BCUT2D eigenvalue weighted by atomic mass is 9.87. The fourth-order valence-electron chi connectivity index (χ4n) is 3.87. The largest absolute Gasteiger partial charge is 0.492 e. The van der Waals surface area contributed by atoms with Crippen molar-refractivity contribution >= 4 is 40.1 Å². The normalized spacial score (nSPS) is 14.0. The molecule has 1 aliphatic rings. The smallest absolute Gasteiger partial charge is 0.317 e. The Morgan fingerprint density at radius 2 is 1.79 bits per heavy atom. The Hall–Kier alpha value is -1.92. The van der Waals surface area contributed by atoms with Gasteiger partial charge in [-0.05, 0) is 76.5 Å². The topological polar surface area (TPSA) is 44.8 Å². The molecule has 2 aromatic rings. The van der Waals surface area contributed by atoms with Gasteiger partial charge in [-0.3, -0.25) is 0 Å². The molecule has 7 heteroatoms. The summed E-state index contributed by atoms with van der Waals surface area (Å²) < 4.78 is 6.87. The van der Waals surface area contributed by atoms with Crippen LogP contribution in [-0.2, 0) is 5.41 Å². The first-order valence-corrected chi connectivity index (χ1v) is 12.2. The molecule has 1 N–H and O–H groups in total. The Labute approximate surface area is 213 Å². The molecule has 2 aromatic carbocycles. The number of amides is 2. The number of halogens is 2. The summed E-state index contributed by atoms with van der Waals surface area (Å²) in [6.45, 7) is 15.3. The van der Waals surface area contributed by atoms with E-state index in [9.17, 15) is 4.79 Å². The van der Waals surface area contributed by atoms with E-state index >= 15 is 0 Å². The maximum Gasteiger partial charge on any atom is 0.317 e. The fraction of sp³-hybridized carbons (Fsp3) is 0.500. The molecule has 0 aromatic heterocycles. The monoisotopic (exact) mass is 537 g/mol. The van der Waals surface area contributed by atoms with Crippen molar-refractivity contribution in [3.63, 3.8) is 0 Å². The highest BCUT2D eigenvalue weighted by Gasteiger charge is 2.22. The van der Waals surface area contributed by atoms with Crippen LogP contribution in [-0.4, -0.2) is 50.3 Å². The molecule has 1 saturated heterocycles. The summed E-state index contributed by atoms with van der Waals surface area (Å²) >= 11 is 3.61. The zero-order chi connectivity index (χ0) is 23.3. The van der Waals surface area contributed by atoms with E-state index in [0.29, 0.717) is 13.2 Å². The van der Waals surface area contributed by atoms with Crippen molar-refractivity contribution < 1.29 is 9.53 Å². The summed E-state index contributed by atoms with van der Waals surface area (Å²) in [6.07, 6.45) is 0.766. The van der Waals surface area contributed by atoms with Crippen molar-refractivity contribution in [1.29, 1.82) is 0 Å². The Balaban J connectivity index is 0.00000385. The molecule has 5 nitrogen and oxygen atoms in total. The minimum atomic E-state index is 0. The first kappa shape index (κ1) is 27.3. The maximum absolute atomic E-state index is 12.5. The third kappa shape index (κ3) is 7.28. The van der Waals surface area contributed by atoms with Gasteiger partial charge in [0.15, 0.2) is 0 Å². The first-order chi connectivity index (χ1) is 15.2. The molecule has 0 spiro atoms. The summed E-state index contributed by atoms with van der Waals surface area (Å²) in [5, 5.41) is 3.03. The highest BCUT2D eigenvalue weighted by molar-refractivity contribution is 9.10. The number of ether oxygens (including phenoxy) is 1. The molecule has 0 bridgehead atoms. The number of benzene rings is 2. The standard InChI is InChI=1S/C26H36BrN3O2.ClH/c1-19-8-6-9-23(20(19)2)29-13-15-30(16-14-29)25(31)28-12-7-17-32-24-11-10-21(18-22(24)27)26(3,4)5;/h6,8-11,18H,7,12-17H2,1-5H3,(H,28,31);1H. The number of nitrogens with zero attached hydrogens (tertiary/aromatic N) is 2. The Morgan fingerprint density at radius 3 is 2.42 bits per heavy atom. The third-order valence-electron chi connectivity index (χ3n) is 6.14. The molecule has 33 heavy (non-hydrogen) atoms. The quantitative estimate of drug-likeness (QED) is 0.453. The van der Waals surface area contributed by atoms with Crippen LogP contribution in [0, 0.1) is 13.8 Å². The lowest BCUT2D eigenvalue weighted by molar-refractivity contribution is 0.193. The molecular formula is C26H37BrClN3O2. The van der Waals surface area contributed by atoms with Crippen molar-refractivity contribution in [2.24, 2.45) is 0 Å². The van der Waals surface area contributed by atoms with Crippen molar-refractivity contribution in [1.82, 2.24) is 10.2 Å². The highest BCUT2D eigenvalue weighted by atomic mass is 79.9. The average molecular weight is 539 g/mol. The predicted octanol–water partition coefficient (Wildman–Crippen LogP) is 6.09. The Kier molecular flexibility index (Phi) is 9.92. The van der Waals surface area contributed by atoms with Gasteiger partial charge in [-0.2, -0.15) is 0 Å². The summed E-state index contributed by atoms with van der Waals surface area (Å²) in [5.41, 5.74) is 5.29. The maximum atomic E-state index is 12.5. The number of hydrogen-bond acceptors (Lipinski definition) is 3. The van der Waals surface area contributed by atoms with E-state index in [4.69, 9.17) is 4.74 Å². The van der Waals surface area contributed by atoms with E-state index in [1.54, 1.807) is 0 Å². The van der Waals surface area contributed by atoms with Gasteiger partial charge >= 0.3 is 6.03 Å². The number of rotatable bonds is 6. The number of piperazine rings is 1. The van der Waals surface area contributed by atoms with Crippen LogP contribution in [0.25, 0.3) is 0 Å². The predicted molar refractivity (Wildman–Crippen MR) is 143 cm³/mol. The number of carbonyl (C=O) groups is 1. The lowest BCUT2D eigenvalue weighted by Gasteiger charge is -2.37. The molecule has 1 heterocycles. The fourth-order valence-corrected chi connectivity index (χ4v) is 4.37. The van der Waals surface area contributed by atoms with E-state index in [-0.39, 0.29) is 23.9 Å². The first-order valence-electron chi connectivity index (χ1n) is 11.4. The van der Waals surface area contributed by atoms with Crippen LogP contribution in [0.2, 0.25) is 0 Å². The van der Waals surface area contributed by atoms with Crippen molar-refractivity contribution in [2.45, 2.75) is 46.5 Å². The lowest BCUT2D eigenvalue weighted by Crippen LogP contribution is -2.52. The Bertz CT molecular complexity index is 938. The minimum Gasteiger partial charge on any atom is -0.492 e. The van der Waals surface area contributed by atoms with Crippen LogP contribution in [0.3, 0.4) is 0 Å². The van der Waals surface area contributed by atoms with Crippen LogP contribution in [0.15, 0.2) is 40.9 Å². The van der Waals surface area contributed by atoms with Crippen LogP contribution in [0.5, 0.6) is 5.75 Å². The number of nitrogens with one attached hydrogen (secondary N) is 1. The van der Waals surface area contributed by atoms with Crippen LogP contribution in [0.4, 0.5) is 10.5 Å². The SMILES string of the molecule is Cc1cccc(N2CCN(C(=O)NCCCOc3ccc(C(C)(C)C)cc3Br)CC2)c1C.Cl. The number of anilines is 1. The van der Waals surface area contributed by atoms with Crippen molar-refractivity contribution in [3.8, 4) is 5.75 Å². The van der Waals surface area contributed by atoms with Crippen LogP contribution >= 0.6 is 28.3 Å². The second-order valence-electron chi connectivity index (χ2n) is 9.52. The van der Waals surface area contributed by atoms with E-state index in [2.05, 4.69) is 91.1 Å². The van der Waals surface area contributed by atoms with Crippen molar-refractivity contribution in [3.05, 3.63) is 57.6 Å². The summed E-state index contributed by atoms with van der Waals surface area (Å²) in [7, 11) is 0. The summed E-state index contributed by atoms with van der Waals surface area (Å²) in [4.78, 5) is 16.8. The second-order valence-corrected chi connectivity index (χ2v) is 10.4. The van der Waals surface area contributed by atoms with E-state index in [1.165, 1.54) is 22.4 Å². The number of urea groups is 1. The summed E-state index contributed by atoms with van der Waals surface area (Å²) in [6, 6.07) is 12.7. The Morgan fingerprint density at radius 1 is 1.09 bits per heavy atom. The van der Waals surface area contributed by atoms with Gasteiger partial charge in [0, 0.05) is 38.4 Å². The number of carbonyl (C=O) groups excluding carboxylic acids is 1. The van der Waals surface area contributed by atoms with Gasteiger partial charge in [-0.1, -0.05) is 39.0 Å². The number of aryl methyl sites for hydroxylation is 1. The molecule has 182 valence electrons. The molecule has 1 fully saturated rings. The van der Waals surface area contributed by atoms with Gasteiger partial charge < -0.3 is 19.9 Å². The van der Waals surface area contributed by atoms with Crippen LogP contribution in [0.1, 0.15) is 43.9 Å². The van der Waals surface area contributed by atoms with Gasteiger partial charge in [-0.25, -0.2) is 4.79 Å². The molecular weight excluding hydrogens is 502 g/mol. The number of hydrogen-bond donors (Lipinski definition) is 1. The van der Waals surface area contributed by atoms with Gasteiger partial charge in [0.25, 0.3) is 0 Å². The molecule has 0 radical (unpaired) electrons. The van der Waals surface area contributed by atoms with Gasteiger partial charge in [0.2, 0.25) is 0 Å². The van der Waals surface area contributed by atoms with E-state index in [0.717, 1.165) is 42.8 Å². The molecule has 0 atom stereocenters. The second kappa shape index (κ2) is 12.0. The molecule has 2 amide bonds. The summed E-state index contributed by atoms with van der Waals surface area (Å²) in [5.74, 6) is 0.840. The van der Waals surface area contributed by atoms with Crippen LogP contribution < -0.4 is 15.0 Å². The average Bonchev–Trinajstić information content (AvgIpc) is 2.75. The molecule has 0 aliphatic carbocycles. The zero-order valence-electron chi connectivity index (χ0n) is 20.4.